The van der Waals surface area contributed by atoms with Crippen molar-refractivity contribution >= 4 is 0 Å². The van der Waals surface area contributed by atoms with E-state index in [0.717, 1.165) is 30.5 Å². The fourth-order valence-corrected chi connectivity index (χ4v) is 3.07. The Hall–Kier alpha value is -0.0800. The lowest BCUT2D eigenvalue weighted by molar-refractivity contribution is 0.0987. The van der Waals surface area contributed by atoms with Crippen LogP contribution in [0.25, 0.3) is 0 Å². The third kappa shape index (κ3) is 2.98. The summed E-state index contributed by atoms with van der Waals surface area (Å²) in [4.78, 5) is 2.72. The maximum atomic E-state index is 3.69. The molecule has 1 saturated carbocycles. The number of nitrogens with one attached hydrogen (secondary N) is 1. The molecule has 0 amide bonds. The van der Waals surface area contributed by atoms with Crippen LogP contribution in [0.5, 0.6) is 0 Å². The zero-order valence-corrected chi connectivity index (χ0v) is 11.2. The first kappa shape index (κ1) is 12.4. The summed E-state index contributed by atoms with van der Waals surface area (Å²) in [6.45, 7) is 10.8. The van der Waals surface area contributed by atoms with Gasteiger partial charge in [-0.2, -0.15) is 0 Å². The second kappa shape index (κ2) is 5.50. The maximum absolute atomic E-state index is 3.69. The molecule has 2 heteroatoms. The lowest BCUT2D eigenvalue weighted by Gasteiger charge is -2.40. The summed E-state index contributed by atoms with van der Waals surface area (Å²) in [5.74, 6) is 1.86. The van der Waals surface area contributed by atoms with Crippen molar-refractivity contribution in [1.82, 2.24) is 10.2 Å². The highest BCUT2D eigenvalue weighted by atomic mass is 15.2. The molecule has 3 unspecified atom stereocenters. The minimum absolute atomic E-state index is 0.762. The van der Waals surface area contributed by atoms with Crippen molar-refractivity contribution in [3.05, 3.63) is 0 Å². The van der Waals surface area contributed by atoms with Gasteiger partial charge in [0.2, 0.25) is 0 Å². The van der Waals surface area contributed by atoms with Gasteiger partial charge in [0, 0.05) is 18.6 Å². The van der Waals surface area contributed by atoms with Gasteiger partial charge < -0.3 is 5.32 Å². The summed E-state index contributed by atoms with van der Waals surface area (Å²) in [5.41, 5.74) is 0. The molecule has 3 atom stereocenters. The standard InChI is InChI=1S/C14H28N2/c1-4-15-14(13-7-8-13)10-16-9-5-6-11(2)12(16)3/h11-15H,4-10H2,1-3H3. The Morgan fingerprint density at radius 1 is 1.25 bits per heavy atom. The van der Waals surface area contributed by atoms with Gasteiger partial charge in [-0.15, -0.1) is 0 Å². The van der Waals surface area contributed by atoms with Crippen LogP contribution < -0.4 is 5.32 Å². The van der Waals surface area contributed by atoms with Gasteiger partial charge in [-0.25, -0.2) is 0 Å². The van der Waals surface area contributed by atoms with Crippen LogP contribution >= 0.6 is 0 Å². The average molecular weight is 224 g/mol. The Morgan fingerprint density at radius 3 is 2.62 bits per heavy atom. The van der Waals surface area contributed by atoms with Gasteiger partial charge in [0.1, 0.15) is 0 Å². The maximum Gasteiger partial charge on any atom is 0.0223 e. The third-order valence-corrected chi connectivity index (χ3v) is 4.59. The van der Waals surface area contributed by atoms with E-state index in [1.165, 1.54) is 38.8 Å². The van der Waals surface area contributed by atoms with Gasteiger partial charge in [-0.3, -0.25) is 4.90 Å². The van der Waals surface area contributed by atoms with Gasteiger partial charge in [0.15, 0.2) is 0 Å². The largest absolute Gasteiger partial charge is 0.313 e. The predicted molar refractivity (Wildman–Crippen MR) is 69.6 cm³/mol. The second-order valence-corrected chi connectivity index (χ2v) is 5.86. The van der Waals surface area contributed by atoms with Crippen molar-refractivity contribution in [3.8, 4) is 0 Å². The molecule has 2 aliphatic rings. The van der Waals surface area contributed by atoms with E-state index in [0.29, 0.717) is 0 Å². The van der Waals surface area contributed by atoms with Crippen LogP contribution in [-0.4, -0.2) is 36.6 Å². The van der Waals surface area contributed by atoms with Crippen LogP contribution in [0, 0.1) is 11.8 Å². The minimum atomic E-state index is 0.762. The fraction of sp³-hybridized carbons (Fsp3) is 1.00. The van der Waals surface area contributed by atoms with Crippen LogP contribution in [0.3, 0.4) is 0 Å². The normalized spacial score (nSPS) is 33.9. The van der Waals surface area contributed by atoms with Crippen LogP contribution in [0.4, 0.5) is 0 Å². The molecule has 1 heterocycles. The lowest BCUT2D eigenvalue weighted by Crippen LogP contribution is -2.49. The molecule has 2 fully saturated rings. The molecule has 94 valence electrons. The molecule has 0 bridgehead atoms. The SMILES string of the molecule is CCNC(CN1CCCC(C)C1C)C1CC1. The van der Waals surface area contributed by atoms with Gasteiger partial charge in [0.05, 0.1) is 0 Å². The molecule has 0 aromatic rings. The molecule has 1 aliphatic heterocycles. The van der Waals surface area contributed by atoms with Gasteiger partial charge in [-0.1, -0.05) is 13.8 Å². The van der Waals surface area contributed by atoms with E-state index in [-0.39, 0.29) is 0 Å². The van der Waals surface area contributed by atoms with Crippen LogP contribution in [0.1, 0.15) is 46.5 Å². The Balaban J connectivity index is 1.85. The summed E-state index contributed by atoms with van der Waals surface area (Å²) in [5, 5.41) is 3.69. The Morgan fingerprint density at radius 2 is 2.00 bits per heavy atom. The van der Waals surface area contributed by atoms with Crippen LogP contribution in [0.15, 0.2) is 0 Å². The highest BCUT2D eigenvalue weighted by Crippen LogP contribution is 2.34. The fourth-order valence-electron chi connectivity index (χ4n) is 3.07. The van der Waals surface area contributed by atoms with Crippen molar-refractivity contribution in [2.45, 2.75) is 58.5 Å². The van der Waals surface area contributed by atoms with Crippen LogP contribution in [0.2, 0.25) is 0 Å². The van der Waals surface area contributed by atoms with E-state index in [1.54, 1.807) is 0 Å². The summed E-state index contributed by atoms with van der Waals surface area (Å²) < 4.78 is 0. The Labute approximate surface area is 101 Å². The van der Waals surface area contributed by atoms with E-state index < -0.39 is 0 Å². The molecule has 1 N–H and O–H groups in total. The van der Waals surface area contributed by atoms with E-state index in [9.17, 15) is 0 Å². The third-order valence-electron chi connectivity index (χ3n) is 4.59. The van der Waals surface area contributed by atoms with Crippen molar-refractivity contribution in [3.63, 3.8) is 0 Å². The first-order valence-electron chi connectivity index (χ1n) is 7.19. The predicted octanol–water partition coefficient (Wildman–Crippen LogP) is 2.49. The molecule has 16 heavy (non-hydrogen) atoms. The highest BCUT2D eigenvalue weighted by Gasteiger charge is 2.34. The Kier molecular flexibility index (Phi) is 4.26. The zero-order chi connectivity index (χ0) is 11.5. The van der Waals surface area contributed by atoms with Gasteiger partial charge in [-0.05, 0) is 57.5 Å². The molecule has 2 rings (SSSR count). The molecule has 0 radical (unpaired) electrons. The number of rotatable bonds is 5. The summed E-state index contributed by atoms with van der Waals surface area (Å²) in [7, 11) is 0. The molecule has 0 spiro atoms. The van der Waals surface area contributed by atoms with Crippen molar-refractivity contribution in [1.29, 1.82) is 0 Å². The number of hydrogen-bond acceptors (Lipinski definition) is 2. The molecule has 1 aliphatic carbocycles. The van der Waals surface area contributed by atoms with Crippen molar-refractivity contribution in [2.75, 3.05) is 19.6 Å². The molecular weight excluding hydrogens is 196 g/mol. The first-order valence-corrected chi connectivity index (χ1v) is 7.19. The van der Waals surface area contributed by atoms with Crippen molar-refractivity contribution in [2.24, 2.45) is 11.8 Å². The first-order chi connectivity index (χ1) is 7.72. The second-order valence-electron chi connectivity index (χ2n) is 5.86. The number of likely N-dealkylation sites (N-methyl/N-ethyl adjacent to an activating group) is 1. The minimum Gasteiger partial charge on any atom is -0.313 e. The van der Waals surface area contributed by atoms with Crippen LogP contribution in [-0.2, 0) is 0 Å². The van der Waals surface area contributed by atoms with E-state index in [1.807, 2.05) is 0 Å². The van der Waals surface area contributed by atoms with Gasteiger partial charge >= 0.3 is 0 Å². The van der Waals surface area contributed by atoms with E-state index in [2.05, 4.69) is 31.0 Å². The number of likely N-dealkylation sites (tertiary alicyclic amines) is 1. The molecule has 0 aromatic carbocycles. The Bertz CT molecular complexity index is 213. The monoisotopic (exact) mass is 224 g/mol. The molecule has 2 nitrogen and oxygen atoms in total. The summed E-state index contributed by atoms with van der Waals surface area (Å²) in [6.07, 6.45) is 5.73. The van der Waals surface area contributed by atoms with Gasteiger partial charge in [0.25, 0.3) is 0 Å². The topological polar surface area (TPSA) is 15.3 Å². The quantitative estimate of drug-likeness (QED) is 0.772. The molecular formula is C14H28N2. The molecule has 1 saturated heterocycles. The van der Waals surface area contributed by atoms with E-state index in [4.69, 9.17) is 0 Å². The summed E-state index contributed by atoms with van der Waals surface area (Å²) >= 11 is 0. The average Bonchev–Trinajstić information content (AvgIpc) is 3.07. The number of nitrogens with zero attached hydrogens (tertiary/aromatic N) is 1. The number of hydrogen-bond donors (Lipinski definition) is 1. The molecule has 0 aromatic heterocycles. The van der Waals surface area contributed by atoms with Crippen molar-refractivity contribution < 1.29 is 0 Å². The zero-order valence-electron chi connectivity index (χ0n) is 11.2. The summed E-state index contributed by atoms with van der Waals surface area (Å²) in [6, 6.07) is 1.55. The highest BCUT2D eigenvalue weighted by molar-refractivity contribution is 4.90. The van der Waals surface area contributed by atoms with E-state index >= 15 is 0 Å². The lowest BCUT2D eigenvalue weighted by atomic mass is 9.91. The smallest absolute Gasteiger partial charge is 0.0223 e. The number of piperidine rings is 1.